The average molecular weight is 611 g/mol. The van der Waals surface area contributed by atoms with Crippen LogP contribution in [0.5, 0.6) is 23.0 Å². The number of nitrogens with zero attached hydrogens (tertiary/aromatic N) is 4. The van der Waals surface area contributed by atoms with Crippen molar-refractivity contribution in [2.24, 2.45) is 0 Å². The highest BCUT2D eigenvalue weighted by atomic mass is 35.5. The lowest BCUT2D eigenvalue weighted by Gasteiger charge is -2.10. The maximum atomic E-state index is 5.76. The molecule has 0 amide bonds. The summed E-state index contributed by atoms with van der Waals surface area (Å²) in [6, 6.07) is 14.8. The number of ether oxygens (including phenoxy) is 4. The first-order valence-corrected chi connectivity index (χ1v) is 14.1. The van der Waals surface area contributed by atoms with Gasteiger partial charge in [0.25, 0.3) is 0 Å². The Morgan fingerprint density at radius 2 is 1.15 bits per heavy atom. The smallest absolute Gasteiger partial charge is 0.151 e. The molecule has 0 bridgehead atoms. The SMILES string of the molecule is COc1cc(N)cc(OC)c1.COc1cc(Nc2ncnc3ccsc23)cc(OC)c1.Clc1ncnc2ccsc12. The number of methoxy groups -OCH3 is 4. The predicted molar refractivity (Wildman–Crippen MR) is 167 cm³/mol. The van der Waals surface area contributed by atoms with E-state index in [1.165, 1.54) is 6.33 Å². The molecule has 0 spiro atoms. The van der Waals surface area contributed by atoms with Crippen LogP contribution in [0.15, 0.2) is 71.9 Å². The normalized spacial score (nSPS) is 10.2. The van der Waals surface area contributed by atoms with Gasteiger partial charge in [0, 0.05) is 47.8 Å². The molecular weight excluding hydrogens is 584 g/mol. The lowest BCUT2D eigenvalue weighted by Crippen LogP contribution is -1.96. The quantitative estimate of drug-likeness (QED) is 0.149. The van der Waals surface area contributed by atoms with Gasteiger partial charge in [-0.15, -0.1) is 22.7 Å². The minimum absolute atomic E-state index is 0.542. The van der Waals surface area contributed by atoms with Gasteiger partial charge in [-0.1, -0.05) is 11.6 Å². The first-order chi connectivity index (χ1) is 19.9. The van der Waals surface area contributed by atoms with Crippen molar-refractivity contribution in [1.82, 2.24) is 19.9 Å². The van der Waals surface area contributed by atoms with E-state index in [0.29, 0.717) is 22.3 Å². The molecule has 0 saturated heterocycles. The molecule has 4 heterocycles. The van der Waals surface area contributed by atoms with Crippen molar-refractivity contribution in [3.8, 4) is 23.0 Å². The number of nitrogen functional groups attached to an aromatic ring is 1. The Morgan fingerprint density at radius 1 is 0.659 bits per heavy atom. The number of nitrogens with one attached hydrogen (secondary N) is 1. The van der Waals surface area contributed by atoms with E-state index in [2.05, 4.69) is 25.3 Å². The van der Waals surface area contributed by atoms with Gasteiger partial charge in [0.1, 0.15) is 40.8 Å². The third-order valence-electron chi connectivity index (χ3n) is 5.43. The summed E-state index contributed by atoms with van der Waals surface area (Å²) in [7, 11) is 6.43. The van der Waals surface area contributed by atoms with Crippen LogP contribution in [0, 0.1) is 0 Å². The van der Waals surface area contributed by atoms with Crippen molar-refractivity contribution < 1.29 is 18.9 Å². The van der Waals surface area contributed by atoms with Gasteiger partial charge in [0.05, 0.1) is 48.9 Å². The van der Waals surface area contributed by atoms with Crippen molar-refractivity contribution in [3.05, 3.63) is 77.1 Å². The van der Waals surface area contributed by atoms with Crippen LogP contribution in [-0.2, 0) is 0 Å². The molecule has 13 heteroatoms. The molecule has 2 aromatic carbocycles. The molecule has 0 atom stereocenters. The zero-order valence-electron chi connectivity index (χ0n) is 22.6. The molecule has 6 rings (SSSR count). The first kappa shape index (κ1) is 29.6. The van der Waals surface area contributed by atoms with Crippen molar-refractivity contribution in [2.75, 3.05) is 39.5 Å². The van der Waals surface area contributed by atoms with E-state index >= 15 is 0 Å². The summed E-state index contributed by atoms with van der Waals surface area (Å²) in [5.74, 6) is 3.65. The number of nitrogens with two attached hydrogens (primary N) is 1. The van der Waals surface area contributed by atoms with Crippen LogP contribution in [0.25, 0.3) is 20.4 Å². The average Bonchev–Trinajstić information content (AvgIpc) is 3.68. The van der Waals surface area contributed by atoms with Gasteiger partial charge in [-0.2, -0.15) is 0 Å². The summed E-state index contributed by atoms with van der Waals surface area (Å²) in [6.07, 6.45) is 3.02. The number of hydrogen-bond acceptors (Lipinski definition) is 12. The summed E-state index contributed by atoms with van der Waals surface area (Å²) < 4.78 is 22.5. The van der Waals surface area contributed by atoms with E-state index < -0.39 is 0 Å². The van der Waals surface area contributed by atoms with Crippen LogP contribution < -0.4 is 30.0 Å². The van der Waals surface area contributed by atoms with Gasteiger partial charge >= 0.3 is 0 Å². The van der Waals surface area contributed by atoms with Crippen LogP contribution in [0.4, 0.5) is 17.2 Å². The Morgan fingerprint density at radius 3 is 1.68 bits per heavy atom. The second-order valence-corrected chi connectivity index (χ2v) is 10.2. The second kappa shape index (κ2) is 14.3. The fourth-order valence-electron chi connectivity index (χ4n) is 3.48. The summed E-state index contributed by atoms with van der Waals surface area (Å²) in [5, 5.41) is 7.77. The number of hydrogen-bond donors (Lipinski definition) is 2. The fourth-order valence-corrected chi connectivity index (χ4v) is 5.27. The summed E-state index contributed by atoms with van der Waals surface area (Å²) in [4.78, 5) is 16.4. The summed E-state index contributed by atoms with van der Waals surface area (Å²) in [6.45, 7) is 0. The van der Waals surface area contributed by atoms with Gasteiger partial charge < -0.3 is 30.0 Å². The monoisotopic (exact) mass is 610 g/mol. The van der Waals surface area contributed by atoms with E-state index in [4.69, 9.17) is 36.3 Å². The second-order valence-electron chi connectivity index (χ2n) is 8.03. The number of aromatic nitrogens is 4. The molecule has 0 aliphatic carbocycles. The Balaban J connectivity index is 0.000000156. The first-order valence-electron chi connectivity index (χ1n) is 11.9. The van der Waals surface area contributed by atoms with E-state index in [-0.39, 0.29) is 0 Å². The van der Waals surface area contributed by atoms with Gasteiger partial charge in [0.15, 0.2) is 5.82 Å². The Hall–Kier alpha value is -4.39. The summed E-state index contributed by atoms with van der Waals surface area (Å²) >= 11 is 8.92. The molecule has 0 aliphatic rings. The van der Waals surface area contributed by atoms with Crippen LogP contribution >= 0.6 is 34.3 Å². The van der Waals surface area contributed by atoms with E-state index in [1.54, 1.807) is 75.6 Å². The zero-order valence-corrected chi connectivity index (χ0v) is 25.0. The maximum Gasteiger partial charge on any atom is 0.151 e. The molecule has 41 heavy (non-hydrogen) atoms. The molecule has 3 N–H and O–H groups in total. The number of fused-ring (bicyclic) bond motifs is 2. The molecule has 0 fully saturated rings. The van der Waals surface area contributed by atoms with Crippen LogP contribution in [0.3, 0.4) is 0 Å². The standard InChI is InChI=1S/C14H13N3O2S.C8H11NO2.C6H3ClN2S/c1-18-10-5-9(6-11(7-10)19-2)17-14-13-12(3-4-20-13)15-8-16-14;1-10-7-3-6(9)4-8(5-7)11-2;7-6-5-4(1-2-10-5)8-3-9-6/h3-8H,1-2H3,(H,15,16,17);3-5H,9H2,1-2H3;1-3H. The van der Waals surface area contributed by atoms with E-state index in [1.807, 2.05) is 41.1 Å². The molecule has 0 aliphatic heterocycles. The Kier molecular flexibility index (Phi) is 10.3. The third kappa shape index (κ3) is 7.84. The number of benzene rings is 2. The molecule has 0 saturated carbocycles. The van der Waals surface area contributed by atoms with E-state index in [0.717, 1.165) is 43.4 Å². The van der Waals surface area contributed by atoms with E-state index in [9.17, 15) is 0 Å². The minimum atomic E-state index is 0.542. The predicted octanol–water partition coefficient (Wildman–Crippen LogP) is 7.08. The van der Waals surface area contributed by atoms with Crippen LogP contribution in [0.2, 0.25) is 5.15 Å². The number of thiophene rings is 2. The van der Waals surface area contributed by atoms with Gasteiger partial charge in [0.2, 0.25) is 0 Å². The lowest BCUT2D eigenvalue weighted by atomic mass is 10.2. The molecule has 4 aromatic heterocycles. The number of anilines is 3. The highest BCUT2D eigenvalue weighted by Crippen LogP contribution is 2.31. The van der Waals surface area contributed by atoms with Crippen LogP contribution in [0.1, 0.15) is 0 Å². The highest BCUT2D eigenvalue weighted by Gasteiger charge is 2.07. The van der Waals surface area contributed by atoms with Gasteiger partial charge in [-0.3, -0.25) is 0 Å². The fraction of sp³-hybridized carbons (Fsp3) is 0.143. The third-order valence-corrected chi connectivity index (χ3v) is 7.65. The van der Waals surface area contributed by atoms with Crippen molar-refractivity contribution in [2.45, 2.75) is 0 Å². The largest absolute Gasteiger partial charge is 0.497 e. The maximum absolute atomic E-state index is 5.76. The number of halogens is 1. The minimum Gasteiger partial charge on any atom is -0.497 e. The van der Waals surface area contributed by atoms with Gasteiger partial charge in [-0.05, 0) is 22.9 Å². The van der Waals surface area contributed by atoms with Crippen LogP contribution in [-0.4, -0.2) is 48.4 Å². The lowest BCUT2D eigenvalue weighted by molar-refractivity contribution is 0.394. The van der Waals surface area contributed by atoms with Gasteiger partial charge in [-0.25, -0.2) is 19.9 Å². The summed E-state index contributed by atoms with van der Waals surface area (Å²) in [5.41, 5.74) is 8.90. The molecular formula is C28H27ClN6O4S2. The molecule has 0 unspecified atom stereocenters. The molecule has 0 radical (unpaired) electrons. The van der Waals surface area contributed by atoms with Crippen molar-refractivity contribution in [3.63, 3.8) is 0 Å². The van der Waals surface area contributed by atoms with Crippen molar-refractivity contribution in [1.29, 1.82) is 0 Å². The zero-order chi connectivity index (χ0) is 29.2. The molecule has 6 aromatic rings. The Bertz CT molecular complexity index is 1680. The molecule has 212 valence electrons. The van der Waals surface area contributed by atoms with Crippen molar-refractivity contribution >= 4 is 71.9 Å². The molecule has 10 nitrogen and oxygen atoms in total. The number of rotatable bonds is 6. The highest BCUT2D eigenvalue weighted by molar-refractivity contribution is 7.18. The topological polar surface area (TPSA) is 127 Å². The Labute approximate surface area is 249 Å².